The maximum absolute atomic E-state index is 12.0. The van der Waals surface area contributed by atoms with E-state index in [-0.39, 0.29) is 12.5 Å². The van der Waals surface area contributed by atoms with Crippen LogP contribution in [0.5, 0.6) is 5.75 Å². The zero-order valence-electron chi connectivity index (χ0n) is 17.8. The first-order valence-electron chi connectivity index (χ1n) is 10.6. The Labute approximate surface area is 182 Å². The number of hydrogen-bond donors (Lipinski definition) is 1. The number of rotatable bonds is 9. The molecule has 0 saturated heterocycles. The van der Waals surface area contributed by atoms with Gasteiger partial charge >= 0.3 is 0 Å². The van der Waals surface area contributed by atoms with E-state index in [0.717, 1.165) is 36.2 Å². The Bertz CT molecular complexity index is 1130. The van der Waals surface area contributed by atoms with E-state index in [0.29, 0.717) is 12.3 Å². The first-order chi connectivity index (χ1) is 15.2. The monoisotopic (exact) mass is 413 g/mol. The molecule has 0 atom stereocenters. The molecule has 1 heterocycles. The van der Waals surface area contributed by atoms with Gasteiger partial charge in [0, 0.05) is 19.5 Å². The maximum Gasteiger partial charge on any atom is 0.257 e. The van der Waals surface area contributed by atoms with Crippen LogP contribution in [0.25, 0.3) is 11.0 Å². The number of ether oxygens (including phenoxy) is 1. The Kier molecular flexibility index (Phi) is 6.62. The summed E-state index contributed by atoms with van der Waals surface area (Å²) >= 11 is 0. The van der Waals surface area contributed by atoms with E-state index >= 15 is 0 Å². The molecular formula is C26H27N3O2. The number of carbonyl (C=O) groups is 1. The van der Waals surface area contributed by atoms with Crippen LogP contribution < -0.4 is 10.1 Å². The van der Waals surface area contributed by atoms with Gasteiger partial charge in [0.05, 0.1) is 11.0 Å². The molecule has 0 aliphatic heterocycles. The molecule has 0 radical (unpaired) electrons. The summed E-state index contributed by atoms with van der Waals surface area (Å²) in [4.78, 5) is 16.9. The average molecular weight is 414 g/mol. The first-order valence-corrected chi connectivity index (χ1v) is 10.6. The van der Waals surface area contributed by atoms with E-state index in [1.165, 1.54) is 11.1 Å². The van der Waals surface area contributed by atoms with Crippen molar-refractivity contribution in [1.82, 2.24) is 14.9 Å². The molecule has 0 aliphatic carbocycles. The molecule has 158 valence electrons. The van der Waals surface area contributed by atoms with Crippen LogP contribution in [0.15, 0.2) is 78.9 Å². The predicted molar refractivity (Wildman–Crippen MR) is 123 cm³/mol. The molecule has 0 bridgehead atoms. The van der Waals surface area contributed by atoms with Crippen LogP contribution >= 0.6 is 0 Å². The number of carbonyl (C=O) groups excluding carboxylic acids is 1. The van der Waals surface area contributed by atoms with Crippen molar-refractivity contribution in [2.45, 2.75) is 26.3 Å². The van der Waals surface area contributed by atoms with E-state index in [1.54, 1.807) is 0 Å². The summed E-state index contributed by atoms with van der Waals surface area (Å²) in [5.41, 5.74) is 4.65. The number of hydrogen-bond acceptors (Lipinski definition) is 3. The Morgan fingerprint density at radius 3 is 2.52 bits per heavy atom. The maximum atomic E-state index is 12.0. The lowest BCUT2D eigenvalue weighted by Gasteiger charge is -2.11. The molecule has 1 amide bonds. The highest BCUT2D eigenvalue weighted by Gasteiger charge is 2.11. The van der Waals surface area contributed by atoms with Crippen LogP contribution in [0.1, 0.15) is 23.4 Å². The Balaban J connectivity index is 1.34. The molecule has 4 aromatic rings. The fourth-order valence-electron chi connectivity index (χ4n) is 3.56. The van der Waals surface area contributed by atoms with Gasteiger partial charge in [0.2, 0.25) is 0 Å². The second kappa shape index (κ2) is 9.94. The molecule has 0 aliphatic rings. The zero-order valence-corrected chi connectivity index (χ0v) is 17.8. The zero-order chi connectivity index (χ0) is 21.5. The molecule has 1 aromatic heterocycles. The summed E-state index contributed by atoms with van der Waals surface area (Å²) in [6, 6.07) is 26.2. The number of aryl methyl sites for hydroxylation is 2. The molecule has 0 spiro atoms. The molecule has 1 N–H and O–H groups in total. The molecule has 0 unspecified atom stereocenters. The summed E-state index contributed by atoms with van der Waals surface area (Å²) in [5.74, 6) is 1.62. The molecule has 4 rings (SSSR count). The molecule has 5 heteroatoms. The number of nitrogens with zero attached hydrogens (tertiary/aromatic N) is 2. The highest BCUT2D eigenvalue weighted by Crippen LogP contribution is 2.19. The third-order valence-electron chi connectivity index (χ3n) is 5.21. The van der Waals surface area contributed by atoms with Crippen LogP contribution in [0.2, 0.25) is 0 Å². The van der Waals surface area contributed by atoms with Crippen LogP contribution in [0, 0.1) is 6.92 Å². The standard InChI is InChI=1S/C26H27N3O2/c1-20-13-15-21(16-14-20)18-29-24-11-6-5-10-23(24)28-25(29)12-7-17-27-26(30)19-31-22-8-3-2-4-9-22/h2-6,8-11,13-16H,7,12,17-19H2,1H3,(H,27,30). The quantitative estimate of drug-likeness (QED) is 0.411. The van der Waals surface area contributed by atoms with Crippen molar-refractivity contribution in [2.75, 3.05) is 13.2 Å². The third-order valence-corrected chi connectivity index (χ3v) is 5.21. The highest BCUT2D eigenvalue weighted by atomic mass is 16.5. The van der Waals surface area contributed by atoms with Crippen LogP contribution in [-0.4, -0.2) is 28.6 Å². The summed E-state index contributed by atoms with van der Waals surface area (Å²) < 4.78 is 7.77. The van der Waals surface area contributed by atoms with Gasteiger partial charge in [0.25, 0.3) is 5.91 Å². The van der Waals surface area contributed by atoms with Gasteiger partial charge in [-0.25, -0.2) is 4.98 Å². The number of imidazole rings is 1. The Hall–Kier alpha value is -3.60. The van der Waals surface area contributed by atoms with Gasteiger partial charge in [-0.15, -0.1) is 0 Å². The Morgan fingerprint density at radius 2 is 1.71 bits per heavy atom. The fraction of sp³-hybridized carbons (Fsp3) is 0.231. The molecule has 31 heavy (non-hydrogen) atoms. The Morgan fingerprint density at radius 1 is 0.968 bits per heavy atom. The summed E-state index contributed by atoms with van der Waals surface area (Å²) in [7, 11) is 0. The molecule has 3 aromatic carbocycles. The van der Waals surface area contributed by atoms with E-state index in [2.05, 4.69) is 47.1 Å². The summed E-state index contributed by atoms with van der Waals surface area (Å²) in [6.45, 7) is 3.50. The largest absolute Gasteiger partial charge is 0.484 e. The van der Waals surface area contributed by atoms with Crippen molar-refractivity contribution in [3.8, 4) is 5.75 Å². The molecular weight excluding hydrogens is 386 g/mol. The second-order valence-corrected chi connectivity index (χ2v) is 7.64. The van der Waals surface area contributed by atoms with Crippen LogP contribution in [0.4, 0.5) is 0 Å². The van der Waals surface area contributed by atoms with Gasteiger partial charge in [-0.1, -0.05) is 60.2 Å². The minimum absolute atomic E-state index is 0.0238. The van der Waals surface area contributed by atoms with E-state index in [4.69, 9.17) is 9.72 Å². The normalized spacial score (nSPS) is 10.9. The van der Waals surface area contributed by atoms with E-state index in [1.807, 2.05) is 48.5 Å². The van der Waals surface area contributed by atoms with Crippen molar-refractivity contribution in [3.05, 3.63) is 95.8 Å². The number of para-hydroxylation sites is 3. The van der Waals surface area contributed by atoms with Crippen molar-refractivity contribution >= 4 is 16.9 Å². The van der Waals surface area contributed by atoms with Crippen molar-refractivity contribution in [3.63, 3.8) is 0 Å². The van der Waals surface area contributed by atoms with Crippen molar-refractivity contribution in [1.29, 1.82) is 0 Å². The van der Waals surface area contributed by atoms with Gasteiger partial charge in [0.1, 0.15) is 11.6 Å². The number of aromatic nitrogens is 2. The fourth-order valence-corrected chi connectivity index (χ4v) is 3.56. The SMILES string of the molecule is Cc1ccc(Cn2c(CCCNC(=O)COc3ccccc3)nc3ccccc32)cc1. The number of benzene rings is 3. The lowest BCUT2D eigenvalue weighted by molar-refractivity contribution is -0.123. The van der Waals surface area contributed by atoms with E-state index < -0.39 is 0 Å². The average Bonchev–Trinajstić information content (AvgIpc) is 3.15. The third kappa shape index (κ3) is 5.51. The van der Waals surface area contributed by atoms with Gasteiger partial charge in [-0.05, 0) is 43.2 Å². The minimum Gasteiger partial charge on any atom is -0.484 e. The van der Waals surface area contributed by atoms with Gasteiger partial charge < -0.3 is 14.6 Å². The lowest BCUT2D eigenvalue weighted by atomic mass is 10.1. The van der Waals surface area contributed by atoms with Gasteiger partial charge in [-0.2, -0.15) is 0 Å². The highest BCUT2D eigenvalue weighted by molar-refractivity contribution is 5.77. The van der Waals surface area contributed by atoms with E-state index in [9.17, 15) is 4.79 Å². The topological polar surface area (TPSA) is 56.2 Å². The second-order valence-electron chi connectivity index (χ2n) is 7.64. The first kappa shape index (κ1) is 20.7. The van der Waals surface area contributed by atoms with Crippen LogP contribution in [0.3, 0.4) is 0 Å². The van der Waals surface area contributed by atoms with Crippen molar-refractivity contribution < 1.29 is 9.53 Å². The minimum atomic E-state index is -0.114. The molecule has 0 saturated carbocycles. The van der Waals surface area contributed by atoms with Crippen LogP contribution in [-0.2, 0) is 17.8 Å². The predicted octanol–water partition coefficient (Wildman–Crippen LogP) is 4.52. The smallest absolute Gasteiger partial charge is 0.257 e. The number of amides is 1. The number of nitrogens with one attached hydrogen (secondary N) is 1. The molecule has 0 fully saturated rings. The van der Waals surface area contributed by atoms with Gasteiger partial charge in [-0.3, -0.25) is 4.79 Å². The summed E-state index contributed by atoms with van der Waals surface area (Å²) in [5, 5.41) is 2.93. The number of fused-ring (bicyclic) bond motifs is 1. The molecule has 5 nitrogen and oxygen atoms in total. The lowest BCUT2D eigenvalue weighted by Crippen LogP contribution is -2.30. The van der Waals surface area contributed by atoms with Crippen molar-refractivity contribution in [2.24, 2.45) is 0 Å². The van der Waals surface area contributed by atoms with Gasteiger partial charge in [0.15, 0.2) is 6.61 Å². The summed E-state index contributed by atoms with van der Waals surface area (Å²) in [6.07, 6.45) is 1.61.